The molecule has 0 atom stereocenters. The first-order valence-corrected chi connectivity index (χ1v) is 10.4. The van der Waals surface area contributed by atoms with E-state index in [0.717, 1.165) is 21.8 Å². The Morgan fingerprint density at radius 3 is 2.67 bits per heavy atom. The van der Waals surface area contributed by atoms with Gasteiger partial charge in [-0.3, -0.25) is 14.5 Å². The van der Waals surface area contributed by atoms with Crippen LogP contribution in [0.2, 0.25) is 0 Å². The van der Waals surface area contributed by atoms with E-state index in [-0.39, 0.29) is 22.4 Å². The summed E-state index contributed by atoms with van der Waals surface area (Å²) >= 11 is 7.64. The van der Waals surface area contributed by atoms with Crippen molar-refractivity contribution in [1.82, 2.24) is 4.90 Å². The maximum Gasteiger partial charge on any atom is 0.293 e. The molecule has 5 nitrogen and oxygen atoms in total. The van der Waals surface area contributed by atoms with Crippen LogP contribution in [0.4, 0.5) is 4.79 Å². The molecule has 8 heteroatoms. The van der Waals surface area contributed by atoms with Crippen molar-refractivity contribution in [3.05, 3.63) is 61.4 Å². The van der Waals surface area contributed by atoms with Crippen molar-refractivity contribution >= 4 is 60.8 Å². The molecule has 2 aromatic carbocycles. The van der Waals surface area contributed by atoms with E-state index in [1.165, 1.54) is 11.0 Å². The molecule has 1 heterocycles. The first-order chi connectivity index (χ1) is 12.9. The first-order valence-electron chi connectivity index (χ1n) is 8.04. The van der Waals surface area contributed by atoms with Gasteiger partial charge in [0.15, 0.2) is 11.5 Å². The largest absolute Gasteiger partial charge is 0.504 e. The topological polar surface area (TPSA) is 66.8 Å². The summed E-state index contributed by atoms with van der Waals surface area (Å²) in [5.41, 5.74) is 1.24. The maximum absolute atomic E-state index is 12.7. The highest BCUT2D eigenvalue weighted by Crippen LogP contribution is 2.39. The zero-order chi connectivity index (χ0) is 19.6. The molecule has 3 rings (SSSR count). The van der Waals surface area contributed by atoms with Gasteiger partial charge in [0.25, 0.3) is 11.1 Å². The monoisotopic (exact) mass is 511 g/mol. The van der Waals surface area contributed by atoms with Crippen molar-refractivity contribution in [3.8, 4) is 11.5 Å². The second kappa shape index (κ2) is 8.50. The van der Waals surface area contributed by atoms with E-state index in [1.54, 1.807) is 12.1 Å². The summed E-state index contributed by atoms with van der Waals surface area (Å²) in [7, 11) is 0. The van der Waals surface area contributed by atoms with Crippen molar-refractivity contribution in [3.63, 3.8) is 0 Å². The number of thioether (sulfide) groups is 1. The van der Waals surface area contributed by atoms with E-state index >= 15 is 0 Å². The zero-order valence-electron chi connectivity index (χ0n) is 14.2. The van der Waals surface area contributed by atoms with Crippen LogP contribution in [0.25, 0.3) is 6.08 Å². The normalized spacial score (nSPS) is 15.7. The number of carbonyl (C=O) groups is 2. The molecular weight excluding hydrogens is 498 g/mol. The second-order valence-corrected chi connectivity index (χ2v) is 8.40. The van der Waals surface area contributed by atoms with Crippen LogP contribution in [0.5, 0.6) is 11.5 Å². The molecule has 2 amide bonds. The number of amides is 2. The zero-order valence-corrected chi connectivity index (χ0v) is 18.2. The lowest BCUT2D eigenvalue weighted by Crippen LogP contribution is -2.27. The molecule has 140 valence electrons. The van der Waals surface area contributed by atoms with Crippen molar-refractivity contribution < 1.29 is 19.4 Å². The lowest BCUT2D eigenvalue weighted by atomic mass is 10.1. The minimum Gasteiger partial charge on any atom is -0.504 e. The molecular formula is C19H15Br2NO4S. The average Bonchev–Trinajstić information content (AvgIpc) is 2.88. The molecule has 27 heavy (non-hydrogen) atoms. The lowest BCUT2D eigenvalue weighted by Gasteiger charge is -2.13. The quantitative estimate of drug-likeness (QED) is 0.532. The second-order valence-electron chi connectivity index (χ2n) is 5.63. The predicted octanol–water partition coefficient (Wildman–Crippen LogP) is 5.55. The van der Waals surface area contributed by atoms with Gasteiger partial charge in [0.05, 0.1) is 18.1 Å². The summed E-state index contributed by atoms with van der Waals surface area (Å²) in [5.74, 6) is -0.152. The average molecular weight is 513 g/mol. The molecule has 1 aliphatic rings. The van der Waals surface area contributed by atoms with Gasteiger partial charge in [-0.2, -0.15) is 0 Å². The molecule has 1 N–H and O–H groups in total. The SMILES string of the molecule is CCOc1cc(Br)cc(/C=C2\SC(=O)N(Cc3ccccc3Br)C2=O)c1O. The summed E-state index contributed by atoms with van der Waals surface area (Å²) in [6.45, 7) is 2.39. The molecule has 0 spiro atoms. The highest BCUT2D eigenvalue weighted by Gasteiger charge is 2.35. The van der Waals surface area contributed by atoms with Crippen LogP contribution in [0.15, 0.2) is 50.2 Å². The van der Waals surface area contributed by atoms with Gasteiger partial charge >= 0.3 is 0 Å². The molecule has 0 unspecified atom stereocenters. The highest BCUT2D eigenvalue weighted by atomic mass is 79.9. The van der Waals surface area contributed by atoms with E-state index in [1.807, 2.05) is 31.2 Å². The molecule has 1 fully saturated rings. The van der Waals surface area contributed by atoms with Gasteiger partial charge in [0, 0.05) is 14.5 Å². The van der Waals surface area contributed by atoms with Gasteiger partial charge in [0.1, 0.15) is 0 Å². The van der Waals surface area contributed by atoms with Crippen molar-refractivity contribution in [1.29, 1.82) is 0 Å². The Bertz CT molecular complexity index is 945. The molecule has 0 saturated carbocycles. The third-order valence-corrected chi connectivity index (χ3v) is 5.95. The molecule has 1 saturated heterocycles. The number of hydrogen-bond acceptors (Lipinski definition) is 5. The Kier molecular flexibility index (Phi) is 6.29. The Morgan fingerprint density at radius 2 is 1.96 bits per heavy atom. The summed E-state index contributed by atoms with van der Waals surface area (Å²) < 4.78 is 6.93. The fourth-order valence-electron chi connectivity index (χ4n) is 2.54. The minimum atomic E-state index is -0.391. The summed E-state index contributed by atoms with van der Waals surface area (Å²) in [5, 5.41) is 10.0. The number of carbonyl (C=O) groups excluding carboxylic acids is 2. The predicted molar refractivity (Wildman–Crippen MR) is 113 cm³/mol. The first kappa shape index (κ1) is 20.0. The van der Waals surface area contributed by atoms with Crippen LogP contribution in [0, 0.1) is 0 Å². The number of aromatic hydroxyl groups is 1. The smallest absolute Gasteiger partial charge is 0.293 e. The number of hydrogen-bond donors (Lipinski definition) is 1. The van der Waals surface area contributed by atoms with E-state index in [2.05, 4.69) is 31.9 Å². The highest BCUT2D eigenvalue weighted by molar-refractivity contribution is 9.10. The standard InChI is InChI=1S/C19H15Br2NO4S/c1-2-26-15-9-13(20)7-12(17(15)23)8-16-18(24)22(19(25)27-16)10-11-5-3-4-6-14(11)21/h3-9,23H,2,10H2,1H3/b16-8-. The van der Waals surface area contributed by atoms with Gasteiger partial charge in [-0.05, 0) is 48.5 Å². The van der Waals surface area contributed by atoms with Crippen molar-refractivity contribution in [2.75, 3.05) is 6.61 Å². The number of phenols is 1. The number of rotatable bonds is 5. The van der Waals surface area contributed by atoms with Crippen LogP contribution in [-0.4, -0.2) is 27.8 Å². The molecule has 0 aliphatic carbocycles. The van der Waals surface area contributed by atoms with Crippen molar-refractivity contribution in [2.24, 2.45) is 0 Å². The van der Waals surface area contributed by atoms with Gasteiger partial charge < -0.3 is 9.84 Å². The molecule has 0 aromatic heterocycles. The molecule has 2 aromatic rings. The minimum absolute atomic E-state index is 0.0716. The van der Waals surface area contributed by atoms with Crippen LogP contribution in [-0.2, 0) is 11.3 Å². The van der Waals surface area contributed by atoms with Crippen LogP contribution >= 0.6 is 43.6 Å². The summed E-state index contributed by atoms with van der Waals surface area (Å²) in [6.07, 6.45) is 1.51. The fraction of sp³-hybridized carbons (Fsp3) is 0.158. The van der Waals surface area contributed by atoms with Gasteiger partial charge in [-0.25, -0.2) is 0 Å². The number of halogens is 2. The molecule has 1 aliphatic heterocycles. The number of benzene rings is 2. The maximum atomic E-state index is 12.7. The summed E-state index contributed by atoms with van der Waals surface area (Å²) in [4.78, 5) is 26.5. The lowest BCUT2D eigenvalue weighted by molar-refractivity contribution is -0.123. The Hall–Kier alpha value is -1.77. The van der Waals surface area contributed by atoms with Crippen LogP contribution < -0.4 is 4.74 Å². The van der Waals surface area contributed by atoms with Gasteiger partial charge in [0.2, 0.25) is 0 Å². The third-order valence-electron chi connectivity index (χ3n) is 3.82. The number of ether oxygens (including phenoxy) is 1. The summed E-state index contributed by atoms with van der Waals surface area (Å²) in [6, 6.07) is 10.7. The third kappa shape index (κ3) is 4.39. The number of nitrogens with zero attached hydrogens (tertiary/aromatic N) is 1. The van der Waals surface area contributed by atoms with Gasteiger partial charge in [-0.1, -0.05) is 50.1 Å². The van der Waals surface area contributed by atoms with E-state index < -0.39 is 5.91 Å². The van der Waals surface area contributed by atoms with E-state index in [4.69, 9.17) is 4.74 Å². The Morgan fingerprint density at radius 1 is 1.22 bits per heavy atom. The van der Waals surface area contributed by atoms with E-state index in [9.17, 15) is 14.7 Å². The number of imide groups is 1. The Labute approximate surface area is 177 Å². The number of phenolic OH excluding ortho intramolecular Hbond substituents is 1. The Balaban J connectivity index is 1.90. The van der Waals surface area contributed by atoms with E-state index in [0.29, 0.717) is 22.4 Å². The van der Waals surface area contributed by atoms with Crippen LogP contribution in [0.1, 0.15) is 18.1 Å². The van der Waals surface area contributed by atoms with Crippen LogP contribution in [0.3, 0.4) is 0 Å². The molecule has 0 radical (unpaired) electrons. The van der Waals surface area contributed by atoms with Crippen molar-refractivity contribution in [2.45, 2.75) is 13.5 Å². The fourth-order valence-corrected chi connectivity index (χ4v) is 4.24. The molecule has 0 bridgehead atoms. The van der Waals surface area contributed by atoms with Gasteiger partial charge in [-0.15, -0.1) is 0 Å².